The van der Waals surface area contributed by atoms with Crippen molar-refractivity contribution >= 4 is 10.9 Å². The van der Waals surface area contributed by atoms with Crippen LogP contribution in [0.1, 0.15) is 19.4 Å². The molecule has 0 N–H and O–H groups in total. The molecule has 1 heterocycles. The summed E-state index contributed by atoms with van der Waals surface area (Å²) in [4.78, 5) is 6.80. The van der Waals surface area contributed by atoms with E-state index in [-0.39, 0.29) is 5.82 Å². The van der Waals surface area contributed by atoms with Crippen molar-refractivity contribution < 1.29 is 4.39 Å². The minimum absolute atomic E-state index is 0.239. The third kappa shape index (κ3) is 4.23. The monoisotopic (exact) mass is 332 g/mol. The summed E-state index contributed by atoms with van der Waals surface area (Å²) in [6.45, 7) is 7.07. The van der Waals surface area contributed by atoms with Gasteiger partial charge in [0, 0.05) is 22.7 Å². The van der Waals surface area contributed by atoms with Gasteiger partial charge in [0.2, 0.25) is 0 Å². The number of rotatable bonds is 4. The lowest BCUT2D eigenvalue weighted by molar-refractivity contribution is 0.342. The van der Waals surface area contributed by atoms with Gasteiger partial charge in [-0.1, -0.05) is 43.9 Å². The van der Waals surface area contributed by atoms with Gasteiger partial charge in [-0.2, -0.15) is 0 Å². The number of halogens is 1. The van der Waals surface area contributed by atoms with Gasteiger partial charge in [-0.15, -0.1) is 0 Å². The molecule has 126 valence electrons. The van der Waals surface area contributed by atoms with Crippen LogP contribution in [0, 0.1) is 17.7 Å². The second-order valence-electron chi connectivity index (χ2n) is 5.90. The molecule has 0 radical (unpaired) electrons. The summed E-state index contributed by atoms with van der Waals surface area (Å²) in [5.74, 6) is 6.19. The smallest absolute Gasteiger partial charge is 0.123 e. The Morgan fingerprint density at radius 1 is 1.00 bits per heavy atom. The summed E-state index contributed by atoms with van der Waals surface area (Å²) >= 11 is 0. The number of aromatic nitrogens is 1. The van der Waals surface area contributed by atoms with Gasteiger partial charge >= 0.3 is 0 Å². The maximum atomic E-state index is 13.4. The molecule has 0 atom stereocenters. The standard InChI is InChI=1S/C22H21FN2/c1-3-25(4-2)12-6-7-17-10-11-19-14-20(16-24-22(19)13-17)18-8-5-9-21(23)15-18/h5,8-11,13-16H,3-4,12H2,1-2H3. The number of hydrogen-bond donors (Lipinski definition) is 0. The summed E-state index contributed by atoms with van der Waals surface area (Å²) in [7, 11) is 0. The predicted molar refractivity (Wildman–Crippen MR) is 102 cm³/mol. The lowest BCUT2D eigenvalue weighted by Gasteiger charge is -2.13. The van der Waals surface area contributed by atoms with E-state index in [4.69, 9.17) is 0 Å². The van der Waals surface area contributed by atoms with Crippen molar-refractivity contribution in [3.63, 3.8) is 0 Å². The minimum Gasteiger partial charge on any atom is -0.293 e. The zero-order chi connectivity index (χ0) is 17.6. The molecule has 0 unspecified atom stereocenters. The van der Waals surface area contributed by atoms with E-state index in [9.17, 15) is 4.39 Å². The average Bonchev–Trinajstić information content (AvgIpc) is 2.65. The molecule has 3 rings (SSSR count). The first-order valence-corrected chi connectivity index (χ1v) is 8.56. The van der Waals surface area contributed by atoms with Crippen molar-refractivity contribution in [2.24, 2.45) is 0 Å². The highest BCUT2D eigenvalue weighted by atomic mass is 19.1. The van der Waals surface area contributed by atoms with Crippen molar-refractivity contribution in [3.8, 4) is 23.0 Å². The van der Waals surface area contributed by atoms with Crippen LogP contribution in [0.25, 0.3) is 22.0 Å². The molecule has 0 saturated carbocycles. The molecule has 0 amide bonds. The van der Waals surface area contributed by atoms with Crippen molar-refractivity contribution in [3.05, 3.63) is 66.1 Å². The van der Waals surface area contributed by atoms with E-state index in [2.05, 4.69) is 35.6 Å². The SMILES string of the molecule is CCN(CC)CC#Cc1ccc2cc(-c3cccc(F)c3)cnc2c1. The Balaban J connectivity index is 1.85. The molecule has 2 aromatic carbocycles. The van der Waals surface area contributed by atoms with Gasteiger partial charge in [-0.3, -0.25) is 9.88 Å². The van der Waals surface area contributed by atoms with Crippen molar-refractivity contribution in [2.45, 2.75) is 13.8 Å². The largest absolute Gasteiger partial charge is 0.293 e. The summed E-state index contributed by atoms with van der Waals surface area (Å²) < 4.78 is 13.4. The number of benzene rings is 2. The summed E-state index contributed by atoms with van der Waals surface area (Å²) in [5.41, 5.74) is 3.60. The van der Waals surface area contributed by atoms with Crippen LogP contribution in [0.5, 0.6) is 0 Å². The molecule has 0 saturated heterocycles. The number of fused-ring (bicyclic) bond motifs is 1. The van der Waals surface area contributed by atoms with Crippen LogP contribution >= 0.6 is 0 Å². The molecule has 0 spiro atoms. The van der Waals surface area contributed by atoms with Gasteiger partial charge < -0.3 is 0 Å². The highest BCUT2D eigenvalue weighted by Gasteiger charge is 2.03. The van der Waals surface area contributed by atoms with Crippen LogP contribution in [0.4, 0.5) is 4.39 Å². The molecular weight excluding hydrogens is 311 g/mol. The zero-order valence-electron chi connectivity index (χ0n) is 14.6. The van der Waals surface area contributed by atoms with E-state index >= 15 is 0 Å². The first-order chi connectivity index (χ1) is 12.2. The first kappa shape index (κ1) is 17.1. The van der Waals surface area contributed by atoms with Crippen LogP contribution in [-0.2, 0) is 0 Å². The maximum absolute atomic E-state index is 13.4. The van der Waals surface area contributed by atoms with Crippen LogP contribution in [0.15, 0.2) is 54.7 Å². The first-order valence-electron chi connectivity index (χ1n) is 8.56. The Labute approximate surface area is 148 Å². The number of nitrogens with zero attached hydrogens (tertiary/aromatic N) is 2. The van der Waals surface area contributed by atoms with E-state index in [0.717, 1.165) is 47.2 Å². The molecule has 0 aliphatic heterocycles. The Morgan fingerprint density at radius 3 is 2.60 bits per heavy atom. The van der Waals surface area contributed by atoms with Gasteiger partial charge in [0.25, 0.3) is 0 Å². The van der Waals surface area contributed by atoms with Gasteiger partial charge in [-0.05, 0) is 49.0 Å². The molecule has 3 heteroatoms. The highest BCUT2D eigenvalue weighted by Crippen LogP contribution is 2.23. The zero-order valence-corrected chi connectivity index (χ0v) is 14.6. The highest BCUT2D eigenvalue weighted by molar-refractivity contribution is 5.84. The molecule has 25 heavy (non-hydrogen) atoms. The van der Waals surface area contributed by atoms with Gasteiger partial charge in [0.05, 0.1) is 12.1 Å². The fraction of sp³-hybridized carbons (Fsp3) is 0.227. The third-order valence-corrected chi connectivity index (χ3v) is 4.27. The maximum Gasteiger partial charge on any atom is 0.123 e. The van der Waals surface area contributed by atoms with Crippen LogP contribution in [-0.4, -0.2) is 29.5 Å². The van der Waals surface area contributed by atoms with E-state index < -0.39 is 0 Å². The third-order valence-electron chi connectivity index (χ3n) is 4.27. The molecule has 0 fully saturated rings. The normalized spacial score (nSPS) is 10.7. The number of hydrogen-bond acceptors (Lipinski definition) is 2. The van der Waals surface area contributed by atoms with Gasteiger partial charge in [0.15, 0.2) is 0 Å². The molecule has 0 aliphatic carbocycles. The lowest BCUT2D eigenvalue weighted by atomic mass is 10.0. The van der Waals surface area contributed by atoms with Crippen molar-refractivity contribution in [1.29, 1.82) is 0 Å². The summed E-state index contributed by atoms with van der Waals surface area (Å²) in [6.07, 6.45) is 1.78. The minimum atomic E-state index is -0.239. The van der Waals surface area contributed by atoms with Gasteiger partial charge in [0.1, 0.15) is 5.82 Å². The molecule has 0 aliphatic rings. The van der Waals surface area contributed by atoms with Crippen molar-refractivity contribution in [1.82, 2.24) is 9.88 Å². The van der Waals surface area contributed by atoms with Crippen molar-refractivity contribution in [2.75, 3.05) is 19.6 Å². The molecular formula is C22H21FN2. The van der Waals surface area contributed by atoms with E-state index in [1.165, 1.54) is 12.1 Å². The molecule has 0 bridgehead atoms. The fourth-order valence-corrected chi connectivity index (χ4v) is 2.73. The predicted octanol–water partition coefficient (Wildman–Crippen LogP) is 4.73. The van der Waals surface area contributed by atoms with E-state index in [1.807, 2.05) is 30.3 Å². The van der Waals surface area contributed by atoms with E-state index in [1.54, 1.807) is 12.3 Å². The summed E-state index contributed by atoms with van der Waals surface area (Å²) in [6, 6.07) is 14.6. The van der Waals surface area contributed by atoms with Gasteiger partial charge in [-0.25, -0.2) is 4.39 Å². The average molecular weight is 332 g/mol. The molecule has 3 aromatic rings. The van der Waals surface area contributed by atoms with Crippen LogP contribution < -0.4 is 0 Å². The second kappa shape index (κ2) is 7.92. The summed E-state index contributed by atoms with van der Waals surface area (Å²) in [5, 5.41) is 1.02. The Hall–Kier alpha value is -2.70. The number of pyridine rings is 1. The lowest BCUT2D eigenvalue weighted by Crippen LogP contribution is -2.22. The second-order valence-corrected chi connectivity index (χ2v) is 5.90. The quantitative estimate of drug-likeness (QED) is 0.642. The van der Waals surface area contributed by atoms with Crippen LogP contribution in [0.2, 0.25) is 0 Å². The molecule has 1 aromatic heterocycles. The Bertz CT molecular complexity index is 933. The Kier molecular flexibility index (Phi) is 5.42. The van der Waals surface area contributed by atoms with Crippen LogP contribution in [0.3, 0.4) is 0 Å². The van der Waals surface area contributed by atoms with E-state index in [0.29, 0.717) is 0 Å². The fourth-order valence-electron chi connectivity index (χ4n) is 2.73. The topological polar surface area (TPSA) is 16.1 Å². The Morgan fingerprint density at radius 2 is 1.84 bits per heavy atom. The molecule has 2 nitrogen and oxygen atoms in total.